The fourth-order valence-electron chi connectivity index (χ4n) is 4.64. The second kappa shape index (κ2) is 7.87. The van der Waals surface area contributed by atoms with Crippen molar-refractivity contribution in [2.45, 2.75) is 45.7 Å². The highest BCUT2D eigenvalue weighted by Crippen LogP contribution is 2.51. The molecule has 1 aromatic heterocycles. The van der Waals surface area contributed by atoms with Crippen molar-refractivity contribution in [3.63, 3.8) is 0 Å². The summed E-state index contributed by atoms with van der Waals surface area (Å²) in [5, 5.41) is 6.01. The molecule has 1 aliphatic heterocycles. The summed E-state index contributed by atoms with van der Waals surface area (Å²) in [5.41, 5.74) is 1.70. The van der Waals surface area contributed by atoms with Crippen LogP contribution in [0.3, 0.4) is 0 Å². The monoisotopic (exact) mass is 410 g/mol. The van der Waals surface area contributed by atoms with Crippen LogP contribution in [0.15, 0.2) is 41.1 Å². The average Bonchev–Trinajstić information content (AvgIpc) is 3.08. The van der Waals surface area contributed by atoms with E-state index in [0.29, 0.717) is 18.8 Å². The van der Waals surface area contributed by atoms with Crippen molar-refractivity contribution >= 4 is 11.8 Å². The van der Waals surface area contributed by atoms with Gasteiger partial charge in [-0.1, -0.05) is 30.3 Å². The molecule has 1 spiro atoms. The third-order valence-electron chi connectivity index (χ3n) is 5.84. The molecule has 2 fully saturated rings. The van der Waals surface area contributed by atoms with Crippen LogP contribution < -0.4 is 10.6 Å². The Morgan fingerprint density at radius 3 is 2.57 bits per heavy atom. The lowest BCUT2D eigenvalue weighted by atomic mass is 9.57. The Hall–Kier alpha value is -2.67. The van der Waals surface area contributed by atoms with Crippen molar-refractivity contribution in [3.8, 4) is 11.3 Å². The molecule has 1 saturated heterocycles. The SMILES string of the molecule is CC(C)(C)NC(=O)CN1CC2(CC(C(=O)NCc3ncoc3-c3ccccc3)C2)C1. The summed E-state index contributed by atoms with van der Waals surface area (Å²) in [4.78, 5) is 31.0. The highest BCUT2D eigenvalue weighted by atomic mass is 16.3. The van der Waals surface area contributed by atoms with Gasteiger partial charge in [-0.15, -0.1) is 0 Å². The van der Waals surface area contributed by atoms with Gasteiger partial charge in [0.15, 0.2) is 12.2 Å². The fourth-order valence-corrected chi connectivity index (χ4v) is 4.64. The van der Waals surface area contributed by atoms with Gasteiger partial charge in [0.25, 0.3) is 0 Å². The Bertz CT molecular complexity index is 902. The summed E-state index contributed by atoms with van der Waals surface area (Å²) in [6.07, 6.45) is 3.20. The minimum Gasteiger partial charge on any atom is -0.443 e. The van der Waals surface area contributed by atoms with Gasteiger partial charge in [-0.25, -0.2) is 4.98 Å². The Morgan fingerprint density at radius 1 is 1.20 bits per heavy atom. The first-order valence-corrected chi connectivity index (χ1v) is 10.5. The number of carbonyl (C=O) groups excluding carboxylic acids is 2. The lowest BCUT2D eigenvalue weighted by molar-refractivity contribution is -0.148. The number of hydrogen-bond donors (Lipinski definition) is 2. The molecule has 1 saturated carbocycles. The van der Waals surface area contributed by atoms with Gasteiger partial charge in [0.2, 0.25) is 11.8 Å². The van der Waals surface area contributed by atoms with E-state index in [1.807, 2.05) is 51.1 Å². The average molecular weight is 411 g/mol. The quantitative estimate of drug-likeness (QED) is 0.764. The number of benzene rings is 1. The second-order valence-electron chi connectivity index (χ2n) is 9.76. The first kappa shape index (κ1) is 20.6. The third kappa shape index (κ3) is 4.56. The van der Waals surface area contributed by atoms with Crippen LogP contribution in [-0.4, -0.2) is 46.9 Å². The van der Waals surface area contributed by atoms with E-state index in [4.69, 9.17) is 4.42 Å². The van der Waals surface area contributed by atoms with Crippen LogP contribution in [0.2, 0.25) is 0 Å². The van der Waals surface area contributed by atoms with Crippen molar-refractivity contribution in [1.82, 2.24) is 20.5 Å². The molecule has 7 heteroatoms. The summed E-state index contributed by atoms with van der Waals surface area (Å²) in [6, 6.07) is 9.77. The molecule has 2 N–H and O–H groups in total. The van der Waals surface area contributed by atoms with Crippen LogP contribution in [0.4, 0.5) is 0 Å². The molecule has 0 bridgehead atoms. The van der Waals surface area contributed by atoms with Gasteiger partial charge in [0.1, 0.15) is 5.69 Å². The van der Waals surface area contributed by atoms with E-state index >= 15 is 0 Å². The number of carbonyl (C=O) groups is 2. The van der Waals surface area contributed by atoms with E-state index in [0.717, 1.165) is 37.2 Å². The number of oxazole rings is 1. The van der Waals surface area contributed by atoms with Crippen LogP contribution in [0, 0.1) is 11.3 Å². The molecule has 160 valence electrons. The molecule has 2 aliphatic rings. The number of likely N-dealkylation sites (tertiary alicyclic amines) is 1. The zero-order chi connectivity index (χ0) is 21.4. The van der Waals surface area contributed by atoms with Crippen LogP contribution in [0.1, 0.15) is 39.3 Å². The standard InChI is InChI=1S/C23H30N4O3/c1-22(2,3)26-19(28)12-27-13-23(14-27)9-17(10-23)21(29)24-11-18-20(30-15-25-18)16-7-5-4-6-8-16/h4-8,15,17H,9-14H2,1-3H3,(H,24,29)(H,26,28). The lowest BCUT2D eigenvalue weighted by Gasteiger charge is -2.58. The predicted molar refractivity (Wildman–Crippen MR) is 113 cm³/mol. The second-order valence-corrected chi connectivity index (χ2v) is 9.76. The van der Waals surface area contributed by atoms with Crippen molar-refractivity contribution in [2.75, 3.05) is 19.6 Å². The van der Waals surface area contributed by atoms with Gasteiger partial charge in [-0.2, -0.15) is 0 Å². The number of nitrogens with one attached hydrogen (secondary N) is 2. The molecule has 1 aromatic carbocycles. The first-order valence-electron chi connectivity index (χ1n) is 10.5. The molecule has 1 aliphatic carbocycles. The zero-order valence-electron chi connectivity index (χ0n) is 17.9. The van der Waals surface area contributed by atoms with Gasteiger partial charge in [0, 0.05) is 30.1 Å². The number of nitrogens with zero attached hydrogens (tertiary/aromatic N) is 2. The zero-order valence-corrected chi connectivity index (χ0v) is 17.9. The van der Waals surface area contributed by atoms with Crippen LogP contribution in [0.5, 0.6) is 0 Å². The van der Waals surface area contributed by atoms with Crippen LogP contribution in [-0.2, 0) is 16.1 Å². The van der Waals surface area contributed by atoms with E-state index < -0.39 is 0 Å². The van der Waals surface area contributed by atoms with Gasteiger partial charge in [-0.3, -0.25) is 14.5 Å². The van der Waals surface area contributed by atoms with Crippen molar-refractivity contribution in [3.05, 3.63) is 42.4 Å². The molecule has 0 unspecified atom stereocenters. The van der Waals surface area contributed by atoms with E-state index in [-0.39, 0.29) is 28.7 Å². The molecule has 0 atom stereocenters. The summed E-state index contributed by atoms with van der Waals surface area (Å²) in [6.45, 7) is 8.55. The highest BCUT2D eigenvalue weighted by Gasteiger charge is 2.54. The van der Waals surface area contributed by atoms with E-state index in [1.54, 1.807) is 0 Å². The molecule has 7 nitrogen and oxygen atoms in total. The number of rotatable bonds is 6. The predicted octanol–water partition coefficient (Wildman–Crippen LogP) is 2.58. The molecule has 4 rings (SSSR count). The van der Waals surface area contributed by atoms with Crippen LogP contribution in [0.25, 0.3) is 11.3 Å². The summed E-state index contributed by atoms with van der Waals surface area (Å²) in [7, 11) is 0. The number of aromatic nitrogens is 1. The Morgan fingerprint density at radius 2 is 1.90 bits per heavy atom. The normalized spacial score (nSPS) is 18.5. The molecular weight excluding hydrogens is 380 g/mol. The third-order valence-corrected chi connectivity index (χ3v) is 5.84. The molecular formula is C23H30N4O3. The minimum atomic E-state index is -0.205. The van der Waals surface area contributed by atoms with Gasteiger partial charge < -0.3 is 15.1 Å². The molecule has 0 radical (unpaired) electrons. The lowest BCUT2D eigenvalue weighted by Crippen LogP contribution is -2.65. The Balaban J connectivity index is 1.20. The summed E-state index contributed by atoms with van der Waals surface area (Å²) in [5.74, 6) is 0.881. The van der Waals surface area contributed by atoms with Crippen molar-refractivity contribution < 1.29 is 14.0 Å². The maximum Gasteiger partial charge on any atom is 0.234 e. The smallest absolute Gasteiger partial charge is 0.234 e. The van der Waals surface area contributed by atoms with Crippen molar-refractivity contribution in [2.24, 2.45) is 11.3 Å². The van der Waals surface area contributed by atoms with Gasteiger partial charge in [0.05, 0.1) is 13.1 Å². The van der Waals surface area contributed by atoms with Gasteiger partial charge in [-0.05, 0) is 39.0 Å². The van der Waals surface area contributed by atoms with Crippen molar-refractivity contribution in [1.29, 1.82) is 0 Å². The minimum absolute atomic E-state index is 0.0441. The molecule has 2 aromatic rings. The van der Waals surface area contributed by atoms with E-state index in [1.165, 1.54) is 6.39 Å². The largest absolute Gasteiger partial charge is 0.443 e. The number of hydrogen-bond acceptors (Lipinski definition) is 5. The molecule has 30 heavy (non-hydrogen) atoms. The first-order chi connectivity index (χ1) is 14.2. The molecule has 2 heterocycles. The topological polar surface area (TPSA) is 87.5 Å². The Labute approximate surface area is 177 Å². The maximum atomic E-state index is 12.6. The fraction of sp³-hybridized carbons (Fsp3) is 0.522. The van der Waals surface area contributed by atoms with E-state index in [9.17, 15) is 9.59 Å². The highest BCUT2D eigenvalue weighted by molar-refractivity contribution is 5.80. The summed E-state index contributed by atoms with van der Waals surface area (Å²) >= 11 is 0. The van der Waals surface area contributed by atoms with Gasteiger partial charge >= 0.3 is 0 Å². The molecule has 2 amide bonds. The Kier molecular flexibility index (Phi) is 5.40. The van der Waals surface area contributed by atoms with E-state index in [2.05, 4.69) is 20.5 Å². The number of amides is 2. The van der Waals surface area contributed by atoms with Crippen LogP contribution >= 0.6 is 0 Å². The maximum absolute atomic E-state index is 12.6. The summed E-state index contributed by atoms with van der Waals surface area (Å²) < 4.78 is 5.52.